The molecule has 4 nitrogen and oxygen atoms in total. The molecule has 1 heterocycles. The number of hydrogen-bond donors (Lipinski definition) is 2. The molecule has 0 aromatic rings. The normalized spacial score (nSPS) is 32.6. The Balaban J connectivity index is 2.02. The van der Waals surface area contributed by atoms with Gasteiger partial charge < -0.3 is 15.3 Å². The van der Waals surface area contributed by atoms with Crippen LogP contribution in [-0.4, -0.2) is 41.8 Å². The lowest BCUT2D eigenvalue weighted by Crippen LogP contribution is -2.54. The van der Waals surface area contributed by atoms with Crippen LogP contribution in [-0.2, 0) is 0 Å². The van der Waals surface area contributed by atoms with Crippen LogP contribution in [0.5, 0.6) is 0 Å². The molecule has 2 unspecified atom stereocenters. The number of nitrogens with zero attached hydrogens (tertiary/aromatic N) is 1. The standard InChI is InChI=1S/C11H20N2O2/c14-8-9-4-1-2-5-10(9)13-7-3-6-12-11(13)15/h9-10,14H,1-8H2,(H,12,15). The molecule has 0 bridgehead atoms. The fraction of sp³-hybridized carbons (Fsp3) is 0.909. The number of hydrogen-bond acceptors (Lipinski definition) is 2. The number of aliphatic hydroxyl groups excluding tert-OH is 1. The van der Waals surface area contributed by atoms with E-state index in [0.29, 0.717) is 5.92 Å². The monoisotopic (exact) mass is 212 g/mol. The van der Waals surface area contributed by atoms with Gasteiger partial charge in [0.15, 0.2) is 0 Å². The Bertz CT molecular complexity index is 233. The molecule has 4 heteroatoms. The summed E-state index contributed by atoms with van der Waals surface area (Å²) in [6.07, 6.45) is 5.52. The first-order chi connectivity index (χ1) is 7.33. The van der Waals surface area contributed by atoms with E-state index in [-0.39, 0.29) is 18.7 Å². The number of rotatable bonds is 2. The predicted molar refractivity (Wildman–Crippen MR) is 57.6 cm³/mol. The van der Waals surface area contributed by atoms with E-state index >= 15 is 0 Å². The number of aliphatic hydroxyl groups is 1. The molecule has 2 rings (SSSR count). The SMILES string of the molecule is O=C1NCCCN1C1CCCCC1CO. The van der Waals surface area contributed by atoms with Crippen LogP contribution in [0.25, 0.3) is 0 Å². The van der Waals surface area contributed by atoms with Crippen molar-refractivity contribution < 1.29 is 9.90 Å². The van der Waals surface area contributed by atoms with Gasteiger partial charge in [-0.1, -0.05) is 12.8 Å². The fourth-order valence-corrected chi connectivity index (χ4v) is 2.78. The number of amides is 2. The van der Waals surface area contributed by atoms with Crippen LogP contribution >= 0.6 is 0 Å². The van der Waals surface area contributed by atoms with E-state index in [9.17, 15) is 9.90 Å². The van der Waals surface area contributed by atoms with Gasteiger partial charge in [-0.05, 0) is 19.3 Å². The van der Waals surface area contributed by atoms with Crippen LogP contribution in [0.15, 0.2) is 0 Å². The third kappa shape index (κ3) is 2.25. The zero-order valence-electron chi connectivity index (χ0n) is 9.11. The van der Waals surface area contributed by atoms with Crippen molar-refractivity contribution >= 4 is 6.03 Å². The van der Waals surface area contributed by atoms with Gasteiger partial charge in [0.2, 0.25) is 0 Å². The maximum absolute atomic E-state index is 11.7. The highest BCUT2D eigenvalue weighted by Crippen LogP contribution is 2.28. The van der Waals surface area contributed by atoms with Crippen molar-refractivity contribution in [3.63, 3.8) is 0 Å². The van der Waals surface area contributed by atoms with Crippen LogP contribution in [0.3, 0.4) is 0 Å². The maximum Gasteiger partial charge on any atom is 0.317 e. The van der Waals surface area contributed by atoms with Crippen LogP contribution in [0.1, 0.15) is 32.1 Å². The molecule has 1 saturated heterocycles. The predicted octanol–water partition coefficient (Wildman–Crippen LogP) is 0.953. The Hall–Kier alpha value is -0.770. The van der Waals surface area contributed by atoms with Crippen LogP contribution in [0.4, 0.5) is 4.79 Å². The summed E-state index contributed by atoms with van der Waals surface area (Å²) < 4.78 is 0. The average molecular weight is 212 g/mol. The second-order valence-electron chi connectivity index (χ2n) is 4.57. The summed E-state index contributed by atoms with van der Waals surface area (Å²) in [5.74, 6) is 0.294. The summed E-state index contributed by atoms with van der Waals surface area (Å²) in [5.41, 5.74) is 0. The zero-order chi connectivity index (χ0) is 10.7. The van der Waals surface area contributed by atoms with Gasteiger partial charge in [0.05, 0.1) is 0 Å². The molecule has 1 aliphatic carbocycles. The van der Waals surface area contributed by atoms with Gasteiger partial charge in [-0.25, -0.2) is 4.79 Å². The third-order valence-electron chi connectivity index (χ3n) is 3.62. The van der Waals surface area contributed by atoms with Crippen molar-refractivity contribution in [2.75, 3.05) is 19.7 Å². The minimum atomic E-state index is 0.0617. The zero-order valence-corrected chi connectivity index (χ0v) is 9.11. The maximum atomic E-state index is 11.7. The van der Waals surface area contributed by atoms with E-state index in [4.69, 9.17) is 0 Å². The molecule has 2 fully saturated rings. The van der Waals surface area contributed by atoms with Crippen LogP contribution < -0.4 is 5.32 Å². The molecule has 0 radical (unpaired) electrons. The molecule has 0 aromatic carbocycles. The van der Waals surface area contributed by atoms with Crippen molar-refractivity contribution in [1.29, 1.82) is 0 Å². The van der Waals surface area contributed by atoms with Gasteiger partial charge in [0.25, 0.3) is 0 Å². The molecule has 1 saturated carbocycles. The third-order valence-corrected chi connectivity index (χ3v) is 3.62. The number of nitrogens with one attached hydrogen (secondary N) is 1. The first-order valence-electron chi connectivity index (χ1n) is 5.98. The summed E-state index contributed by atoms with van der Waals surface area (Å²) in [7, 11) is 0. The van der Waals surface area contributed by atoms with E-state index in [1.54, 1.807) is 0 Å². The van der Waals surface area contributed by atoms with Crippen molar-refractivity contribution in [2.24, 2.45) is 5.92 Å². The second-order valence-corrected chi connectivity index (χ2v) is 4.57. The second kappa shape index (κ2) is 4.84. The molecule has 0 spiro atoms. The van der Waals surface area contributed by atoms with Crippen LogP contribution in [0, 0.1) is 5.92 Å². The Morgan fingerprint density at radius 1 is 1.33 bits per heavy atom. The summed E-state index contributed by atoms with van der Waals surface area (Å²) in [6, 6.07) is 0.329. The highest BCUT2D eigenvalue weighted by molar-refractivity contribution is 5.75. The van der Waals surface area contributed by atoms with Crippen LogP contribution in [0.2, 0.25) is 0 Å². The topological polar surface area (TPSA) is 52.6 Å². The van der Waals surface area contributed by atoms with Gasteiger partial charge in [-0.15, -0.1) is 0 Å². The fourth-order valence-electron chi connectivity index (χ4n) is 2.78. The molecular weight excluding hydrogens is 192 g/mol. The first kappa shape index (κ1) is 10.7. The molecule has 86 valence electrons. The summed E-state index contributed by atoms with van der Waals surface area (Å²) in [4.78, 5) is 13.6. The van der Waals surface area contributed by atoms with E-state index in [0.717, 1.165) is 32.4 Å². The molecule has 1 aliphatic heterocycles. The highest BCUT2D eigenvalue weighted by Gasteiger charge is 2.33. The van der Waals surface area contributed by atoms with E-state index in [1.165, 1.54) is 12.8 Å². The lowest BCUT2D eigenvalue weighted by atomic mass is 9.84. The van der Waals surface area contributed by atoms with E-state index in [2.05, 4.69) is 5.32 Å². The molecule has 0 aromatic heterocycles. The molecule has 2 atom stereocenters. The van der Waals surface area contributed by atoms with Gasteiger partial charge in [0, 0.05) is 31.7 Å². The molecule has 2 N–H and O–H groups in total. The Morgan fingerprint density at radius 3 is 2.87 bits per heavy atom. The smallest absolute Gasteiger partial charge is 0.317 e. The average Bonchev–Trinajstić information content (AvgIpc) is 2.30. The molecular formula is C11H20N2O2. The lowest BCUT2D eigenvalue weighted by Gasteiger charge is -2.41. The quantitative estimate of drug-likeness (QED) is 0.716. The van der Waals surface area contributed by atoms with Gasteiger partial charge in [-0.3, -0.25) is 0 Å². The number of carbonyl (C=O) groups excluding carboxylic acids is 1. The molecule has 2 aliphatic rings. The Labute approximate surface area is 90.6 Å². The molecule has 15 heavy (non-hydrogen) atoms. The number of urea groups is 1. The Kier molecular flexibility index (Phi) is 3.46. The first-order valence-corrected chi connectivity index (χ1v) is 5.98. The highest BCUT2D eigenvalue weighted by atomic mass is 16.3. The van der Waals surface area contributed by atoms with E-state index < -0.39 is 0 Å². The minimum Gasteiger partial charge on any atom is -0.396 e. The summed E-state index contributed by atoms with van der Waals surface area (Å²) in [6.45, 7) is 1.87. The van der Waals surface area contributed by atoms with Gasteiger partial charge in [-0.2, -0.15) is 0 Å². The van der Waals surface area contributed by atoms with Crippen molar-refractivity contribution in [2.45, 2.75) is 38.1 Å². The minimum absolute atomic E-state index is 0.0617. The largest absolute Gasteiger partial charge is 0.396 e. The van der Waals surface area contributed by atoms with Crippen molar-refractivity contribution in [1.82, 2.24) is 10.2 Å². The molecule has 2 amide bonds. The van der Waals surface area contributed by atoms with Gasteiger partial charge in [0.1, 0.15) is 0 Å². The van der Waals surface area contributed by atoms with E-state index in [1.807, 2.05) is 4.90 Å². The summed E-state index contributed by atoms with van der Waals surface area (Å²) in [5, 5.41) is 12.2. The summed E-state index contributed by atoms with van der Waals surface area (Å²) >= 11 is 0. The van der Waals surface area contributed by atoms with Crippen molar-refractivity contribution in [3.05, 3.63) is 0 Å². The number of carbonyl (C=O) groups is 1. The van der Waals surface area contributed by atoms with Gasteiger partial charge >= 0.3 is 6.03 Å². The Morgan fingerprint density at radius 2 is 2.13 bits per heavy atom. The lowest BCUT2D eigenvalue weighted by molar-refractivity contribution is 0.0762. The van der Waals surface area contributed by atoms with Crippen molar-refractivity contribution in [3.8, 4) is 0 Å².